The molecule has 7 rings (SSSR count). The summed E-state index contributed by atoms with van der Waals surface area (Å²) in [5, 5.41) is 10.9. The number of hydrogen-bond donors (Lipinski definition) is 1. The molecule has 7 heteroatoms. The summed E-state index contributed by atoms with van der Waals surface area (Å²) in [6.07, 6.45) is 12.0. The molecule has 0 aromatic heterocycles. The van der Waals surface area contributed by atoms with Gasteiger partial charge in [0, 0.05) is 5.92 Å². The van der Waals surface area contributed by atoms with E-state index in [1.165, 1.54) is 11.1 Å². The second kappa shape index (κ2) is 19.0. The Kier molecular flexibility index (Phi) is 13.2. The molecule has 2 heterocycles. The van der Waals surface area contributed by atoms with E-state index in [4.69, 9.17) is 28.4 Å². The van der Waals surface area contributed by atoms with Gasteiger partial charge in [0.2, 0.25) is 0 Å². The van der Waals surface area contributed by atoms with Gasteiger partial charge in [-0.05, 0) is 59.1 Å². The SMILES string of the molecule is CCc1ccc(C2OC(CO)C(OCc3ccccc3)C(OCc3ccccc3)C2OCc2ccccc2)cc1C(CC1=CC=CCC1)C1=COC=CO1. The van der Waals surface area contributed by atoms with Crippen LogP contribution in [0, 0.1) is 0 Å². The lowest BCUT2D eigenvalue weighted by Gasteiger charge is -2.46. The van der Waals surface area contributed by atoms with Crippen LogP contribution in [0.15, 0.2) is 158 Å². The van der Waals surface area contributed by atoms with E-state index in [-0.39, 0.29) is 12.5 Å². The summed E-state index contributed by atoms with van der Waals surface area (Å²) >= 11 is 0. The summed E-state index contributed by atoms with van der Waals surface area (Å²) in [4.78, 5) is 0. The van der Waals surface area contributed by atoms with E-state index in [0.717, 1.165) is 59.3 Å². The van der Waals surface area contributed by atoms with Gasteiger partial charge in [-0.1, -0.05) is 140 Å². The van der Waals surface area contributed by atoms with E-state index in [1.807, 2.05) is 78.9 Å². The van der Waals surface area contributed by atoms with Crippen molar-refractivity contribution in [3.8, 4) is 0 Å². The highest BCUT2D eigenvalue weighted by Gasteiger charge is 2.49. The summed E-state index contributed by atoms with van der Waals surface area (Å²) in [6.45, 7) is 2.96. The van der Waals surface area contributed by atoms with Gasteiger partial charge in [-0.15, -0.1) is 0 Å². The minimum absolute atomic E-state index is 0.0874. The minimum atomic E-state index is -0.678. The van der Waals surface area contributed by atoms with Crippen LogP contribution in [0.25, 0.3) is 0 Å². The average Bonchev–Trinajstić information content (AvgIpc) is 3.24. The summed E-state index contributed by atoms with van der Waals surface area (Å²) in [5.41, 5.74) is 7.75. The molecule has 0 saturated carbocycles. The van der Waals surface area contributed by atoms with Crippen LogP contribution in [0.1, 0.15) is 71.6 Å². The molecule has 0 radical (unpaired) electrons. The third-order valence-electron chi connectivity index (χ3n) is 10.4. The van der Waals surface area contributed by atoms with Crippen LogP contribution >= 0.6 is 0 Å². The number of rotatable bonds is 16. The number of allylic oxidation sites excluding steroid dienone is 5. The van der Waals surface area contributed by atoms with E-state index >= 15 is 0 Å². The number of hydrogen-bond acceptors (Lipinski definition) is 7. The molecule has 1 N–H and O–H groups in total. The fourth-order valence-electron chi connectivity index (χ4n) is 7.53. The first-order valence-corrected chi connectivity index (χ1v) is 19.1. The molecule has 2 aliphatic heterocycles. The maximum Gasteiger partial charge on any atom is 0.146 e. The third kappa shape index (κ3) is 9.48. The van der Waals surface area contributed by atoms with Gasteiger partial charge in [0.15, 0.2) is 0 Å². The van der Waals surface area contributed by atoms with E-state index in [9.17, 15) is 5.11 Å². The molecule has 6 atom stereocenters. The van der Waals surface area contributed by atoms with E-state index in [1.54, 1.807) is 18.8 Å². The van der Waals surface area contributed by atoms with Crippen molar-refractivity contribution in [3.05, 3.63) is 191 Å². The van der Waals surface area contributed by atoms with Crippen LogP contribution in [0.3, 0.4) is 0 Å². The smallest absolute Gasteiger partial charge is 0.146 e. The van der Waals surface area contributed by atoms with Crippen molar-refractivity contribution in [1.29, 1.82) is 0 Å². The van der Waals surface area contributed by atoms with E-state index in [0.29, 0.717) is 19.8 Å². The molecule has 0 amide bonds. The Morgan fingerprint density at radius 3 is 1.93 bits per heavy atom. The van der Waals surface area contributed by atoms with Gasteiger partial charge in [-0.2, -0.15) is 0 Å². The zero-order chi connectivity index (χ0) is 37.0. The summed E-state index contributed by atoms with van der Waals surface area (Å²) in [7, 11) is 0. The van der Waals surface area contributed by atoms with Crippen molar-refractivity contribution in [2.75, 3.05) is 6.61 Å². The molecule has 4 aromatic carbocycles. The number of aliphatic hydroxyl groups is 1. The predicted octanol–water partition coefficient (Wildman–Crippen LogP) is 9.55. The molecule has 54 heavy (non-hydrogen) atoms. The van der Waals surface area contributed by atoms with Crippen molar-refractivity contribution in [2.24, 2.45) is 0 Å². The van der Waals surface area contributed by atoms with Gasteiger partial charge in [0.1, 0.15) is 55.1 Å². The predicted molar refractivity (Wildman–Crippen MR) is 209 cm³/mol. The van der Waals surface area contributed by atoms with Crippen LogP contribution in [0.4, 0.5) is 0 Å². The lowest BCUT2D eigenvalue weighted by atomic mass is 9.82. The number of benzene rings is 4. The van der Waals surface area contributed by atoms with E-state index in [2.05, 4.69) is 55.5 Å². The lowest BCUT2D eigenvalue weighted by molar-refractivity contribution is -0.272. The Hall–Kier alpha value is -4.76. The molecule has 1 fully saturated rings. The van der Waals surface area contributed by atoms with Gasteiger partial charge in [-0.3, -0.25) is 0 Å². The second-order valence-electron chi connectivity index (χ2n) is 14.0. The molecule has 1 saturated heterocycles. The first-order chi connectivity index (χ1) is 26.7. The van der Waals surface area contributed by atoms with Gasteiger partial charge >= 0.3 is 0 Å². The van der Waals surface area contributed by atoms with Crippen molar-refractivity contribution in [3.63, 3.8) is 0 Å². The van der Waals surface area contributed by atoms with Crippen LogP contribution in [-0.4, -0.2) is 36.1 Å². The zero-order valence-corrected chi connectivity index (χ0v) is 30.9. The van der Waals surface area contributed by atoms with Crippen LogP contribution in [0.2, 0.25) is 0 Å². The highest BCUT2D eigenvalue weighted by Crippen LogP contribution is 2.42. The standard InChI is InChI=1S/C47H50O7/c1-2-38-23-24-39(28-40(38)41(43-33-49-25-26-50-43)27-34-15-7-3-8-16-34)44-46(52-31-36-19-11-5-12-20-36)47(53-32-37-21-13-6-14-22-37)45(42(29-48)54-44)51-30-35-17-9-4-10-18-35/h3-7,9-15,17-26,28,33,41-42,44-48H,2,8,16,27,29-32H2,1H3. The van der Waals surface area contributed by atoms with Gasteiger partial charge < -0.3 is 33.5 Å². The molecule has 3 aliphatic rings. The lowest BCUT2D eigenvalue weighted by Crippen LogP contribution is -2.58. The molecular formula is C47H50O7. The van der Waals surface area contributed by atoms with Gasteiger partial charge in [0.25, 0.3) is 0 Å². The Bertz CT molecular complexity index is 1890. The Labute approximate surface area is 319 Å². The van der Waals surface area contributed by atoms with E-state index < -0.39 is 30.5 Å². The Morgan fingerprint density at radius 2 is 1.37 bits per heavy atom. The highest BCUT2D eigenvalue weighted by molar-refractivity contribution is 5.41. The monoisotopic (exact) mass is 726 g/mol. The summed E-state index contributed by atoms with van der Waals surface area (Å²) in [6, 6.07) is 36.8. The average molecular weight is 727 g/mol. The van der Waals surface area contributed by atoms with Gasteiger partial charge in [-0.25, -0.2) is 0 Å². The number of aliphatic hydroxyl groups excluding tert-OH is 1. The van der Waals surface area contributed by atoms with Crippen LogP contribution in [-0.2, 0) is 54.7 Å². The third-order valence-corrected chi connectivity index (χ3v) is 10.4. The minimum Gasteiger partial charge on any atom is -0.466 e. The molecule has 280 valence electrons. The zero-order valence-electron chi connectivity index (χ0n) is 30.9. The quantitative estimate of drug-likeness (QED) is 0.123. The Balaban J connectivity index is 1.28. The maximum atomic E-state index is 10.9. The molecular weight excluding hydrogens is 677 g/mol. The summed E-state index contributed by atoms with van der Waals surface area (Å²) in [5.74, 6) is 0.670. The normalized spacial score (nSPS) is 22.8. The second-order valence-corrected chi connectivity index (χ2v) is 14.0. The first-order valence-electron chi connectivity index (χ1n) is 19.1. The molecule has 0 spiro atoms. The number of ether oxygens (including phenoxy) is 6. The van der Waals surface area contributed by atoms with Crippen molar-refractivity contribution < 1.29 is 33.5 Å². The first kappa shape index (κ1) is 37.6. The summed E-state index contributed by atoms with van der Waals surface area (Å²) < 4.78 is 39.1. The molecule has 6 unspecified atom stereocenters. The van der Waals surface area contributed by atoms with Crippen molar-refractivity contribution >= 4 is 0 Å². The molecule has 0 bridgehead atoms. The number of aryl methyl sites for hydroxylation is 1. The fraction of sp³-hybridized carbons (Fsp3) is 0.319. The fourth-order valence-corrected chi connectivity index (χ4v) is 7.53. The van der Waals surface area contributed by atoms with Crippen LogP contribution < -0.4 is 0 Å². The Morgan fingerprint density at radius 1 is 0.741 bits per heavy atom. The molecule has 4 aromatic rings. The van der Waals surface area contributed by atoms with Crippen molar-refractivity contribution in [2.45, 2.75) is 88.9 Å². The molecule has 7 nitrogen and oxygen atoms in total. The highest BCUT2D eigenvalue weighted by atomic mass is 16.6. The van der Waals surface area contributed by atoms with Gasteiger partial charge in [0.05, 0.1) is 26.4 Å². The largest absolute Gasteiger partial charge is 0.466 e. The van der Waals surface area contributed by atoms with Crippen LogP contribution in [0.5, 0.6) is 0 Å². The topological polar surface area (TPSA) is 75.6 Å². The molecule has 1 aliphatic carbocycles. The van der Waals surface area contributed by atoms with Crippen molar-refractivity contribution in [1.82, 2.24) is 0 Å². The maximum absolute atomic E-state index is 10.9.